The summed E-state index contributed by atoms with van der Waals surface area (Å²) in [6.45, 7) is 8.42. The average molecular weight is 214 g/mol. The molecule has 0 spiro atoms. The van der Waals surface area contributed by atoms with Gasteiger partial charge in [0.2, 0.25) is 0 Å². The number of hydrogen-bond acceptors (Lipinski definition) is 3. The highest BCUT2D eigenvalue weighted by atomic mass is 16.5. The third-order valence-electron chi connectivity index (χ3n) is 3.48. The van der Waals surface area contributed by atoms with E-state index in [4.69, 9.17) is 10.5 Å². The van der Waals surface area contributed by atoms with E-state index >= 15 is 0 Å². The van der Waals surface area contributed by atoms with Gasteiger partial charge in [0, 0.05) is 26.2 Å². The van der Waals surface area contributed by atoms with Gasteiger partial charge in [-0.25, -0.2) is 0 Å². The van der Waals surface area contributed by atoms with Crippen LogP contribution in [0.5, 0.6) is 0 Å². The first kappa shape index (κ1) is 12.9. The van der Waals surface area contributed by atoms with Crippen molar-refractivity contribution in [1.29, 1.82) is 0 Å². The fourth-order valence-electron chi connectivity index (χ4n) is 2.13. The Balaban J connectivity index is 2.36. The van der Waals surface area contributed by atoms with E-state index in [2.05, 4.69) is 18.7 Å². The molecule has 1 rings (SSSR count). The summed E-state index contributed by atoms with van der Waals surface area (Å²) in [6.07, 6.45) is 3.91. The molecule has 1 aliphatic rings. The largest absolute Gasteiger partial charge is 0.383 e. The molecule has 0 atom stereocenters. The van der Waals surface area contributed by atoms with Gasteiger partial charge in [0.05, 0.1) is 6.61 Å². The van der Waals surface area contributed by atoms with Gasteiger partial charge in [0.15, 0.2) is 0 Å². The lowest BCUT2D eigenvalue weighted by Crippen LogP contribution is -2.39. The van der Waals surface area contributed by atoms with E-state index in [1.54, 1.807) is 7.11 Å². The number of hydrogen-bond donors (Lipinski definition) is 1. The second-order valence-corrected chi connectivity index (χ2v) is 5.10. The number of methoxy groups -OCH3 is 1. The molecule has 0 amide bonds. The monoisotopic (exact) mass is 214 g/mol. The average Bonchev–Trinajstić information content (AvgIpc) is 2.93. The Labute approximate surface area is 94.0 Å². The van der Waals surface area contributed by atoms with Gasteiger partial charge in [-0.15, -0.1) is 0 Å². The Morgan fingerprint density at radius 1 is 1.40 bits per heavy atom. The molecule has 2 N–H and O–H groups in total. The van der Waals surface area contributed by atoms with Gasteiger partial charge < -0.3 is 10.5 Å². The molecule has 0 aromatic heterocycles. The van der Waals surface area contributed by atoms with Crippen LogP contribution in [0.25, 0.3) is 0 Å². The first-order chi connectivity index (χ1) is 7.13. The van der Waals surface area contributed by atoms with Crippen LogP contribution >= 0.6 is 0 Å². The van der Waals surface area contributed by atoms with Gasteiger partial charge in [0.25, 0.3) is 0 Å². The molecule has 1 aliphatic carbocycles. The zero-order chi connectivity index (χ0) is 11.3. The molecule has 1 fully saturated rings. The summed E-state index contributed by atoms with van der Waals surface area (Å²) in [5, 5.41) is 0. The molecule has 0 aromatic rings. The standard InChI is InChI=1S/C12H26N2O/c1-11(2)14(8-9-15-3)10-12(4-5-12)6-7-13/h11H,4-10,13H2,1-3H3. The molecule has 0 saturated heterocycles. The second-order valence-electron chi connectivity index (χ2n) is 5.10. The Morgan fingerprint density at radius 2 is 2.07 bits per heavy atom. The molecule has 1 saturated carbocycles. The van der Waals surface area contributed by atoms with Crippen LogP contribution in [-0.2, 0) is 4.74 Å². The number of nitrogens with two attached hydrogens (primary N) is 1. The molecule has 3 heteroatoms. The third-order valence-corrected chi connectivity index (χ3v) is 3.48. The zero-order valence-corrected chi connectivity index (χ0v) is 10.5. The van der Waals surface area contributed by atoms with E-state index in [0.717, 1.165) is 19.7 Å². The molecule has 90 valence electrons. The summed E-state index contributed by atoms with van der Waals surface area (Å²) in [7, 11) is 1.77. The van der Waals surface area contributed by atoms with Crippen molar-refractivity contribution >= 4 is 0 Å². The van der Waals surface area contributed by atoms with Crippen molar-refractivity contribution in [3.05, 3.63) is 0 Å². The Bertz CT molecular complexity index is 178. The molecule has 3 nitrogen and oxygen atoms in total. The smallest absolute Gasteiger partial charge is 0.0589 e. The van der Waals surface area contributed by atoms with E-state index in [-0.39, 0.29) is 0 Å². The van der Waals surface area contributed by atoms with Crippen LogP contribution in [-0.4, -0.2) is 44.3 Å². The van der Waals surface area contributed by atoms with E-state index in [1.165, 1.54) is 25.8 Å². The normalized spacial score (nSPS) is 18.8. The second kappa shape index (κ2) is 5.83. The van der Waals surface area contributed by atoms with Crippen molar-refractivity contribution < 1.29 is 4.74 Å². The minimum atomic E-state index is 0.548. The molecule has 0 aromatic carbocycles. The first-order valence-corrected chi connectivity index (χ1v) is 6.06. The van der Waals surface area contributed by atoms with Crippen LogP contribution in [0.4, 0.5) is 0 Å². The van der Waals surface area contributed by atoms with Gasteiger partial charge in [-0.1, -0.05) is 0 Å². The minimum absolute atomic E-state index is 0.548. The van der Waals surface area contributed by atoms with Gasteiger partial charge in [-0.05, 0) is 45.1 Å². The van der Waals surface area contributed by atoms with E-state index in [0.29, 0.717) is 11.5 Å². The summed E-state index contributed by atoms with van der Waals surface area (Å²) in [4.78, 5) is 2.52. The maximum Gasteiger partial charge on any atom is 0.0589 e. The van der Waals surface area contributed by atoms with E-state index < -0.39 is 0 Å². The fourth-order valence-corrected chi connectivity index (χ4v) is 2.13. The highest BCUT2D eigenvalue weighted by molar-refractivity contribution is 4.96. The van der Waals surface area contributed by atoms with Crippen LogP contribution < -0.4 is 5.73 Å². The zero-order valence-electron chi connectivity index (χ0n) is 10.5. The van der Waals surface area contributed by atoms with Crippen LogP contribution in [0.1, 0.15) is 33.1 Å². The predicted octanol–water partition coefficient (Wildman–Crippen LogP) is 1.47. The lowest BCUT2D eigenvalue weighted by atomic mass is 10.0. The Morgan fingerprint density at radius 3 is 2.47 bits per heavy atom. The highest BCUT2D eigenvalue weighted by Crippen LogP contribution is 2.49. The quantitative estimate of drug-likeness (QED) is 0.665. The lowest BCUT2D eigenvalue weighted by Gasteiger charge is -2.30. The molecule has 0 aliphatic heterocycles. The Hall–Kier alpha value is -0.120. The van der Waals surface area contributed by atoms with Gasteiger partial charge >= 0.3 is 0 Å². The van der Waals surface area contributed by atoms with Crippen molar-refractivity contribution in [2.45, 2.75) is 39.2 Å². The number of rotatable bonds is 8. The topological polar surface area (TPSA) is 38.5 Å². The summed E-state index contributed by atoms with van der Waals surface area (Å²) >= 11 is 0. The van der Waals surface area contributed by atoms with Crippen molar-refractivity contribution in [3.8, 4) is 0 Å². The minimum Gasteiger partial charge on any atom is -0.383 e. The molecule has 0 heterocycles. The summed E-state index contributed by atoms with van der Waals surface area (Å²) in [6, 6.07) is 0.607. The summed E-state index contributed by atoms with van der Waals surface area (Å²) in [5.41, 5.74) is 6.21. The molecular weight excluding hydrogens is 188 g/mol. The fraction of sp³-hybridized carbons (Fsp3) is 1.00. The van der Waals surface area contributed by atoms with E-state index in [9.17, 15) is 0 Å². The van der Waals surface area contributed by atoms with E-state index in [1.807, 2.05) is 0 Å². The highest BCUT2D eigenvalue weighted by Gasteiger charge is 2.42. The summed E-state index contributed by atoms with van der Waals surface area (Å²) in [5.74, 6) is 0. The van der Waals surface area contributed by atoms with Crippen molar-refractivity contribution in [2.75, 3.05) is 33.4 Å². The number of nitrogens with zero attached hydrogens (tertiary/aromatic N) is 1. The summed E-state index contributed by atoms with van der Waals surface area (Å²) < 4.78 is 5.15. The van der Waals surface area contributed by atoms with Crippen molar-refractivity contribution in [1.82, 2.24) is 4.90 Å². The number of ether oxygens (including phenoxy) is 1. The van der Waals surface area contributed by atoms with Gasteiger partial charge in [-0.2, -0.15) is 0 Å². The van der Waals surface area contributed by atoms with Crippen LogP contribution in [0.3, 0.4) is 0 Å². The maximum atomic E-state index is 5.66. The SMILES string of the molecule is COCCN(CC1(CCN)CC1)C(C)C. The van der Waals surface area contributed by atoms with Crippen molar-refractivity contribution in [3.63, 3.8) is 0 Å². The molecule has 0 radical (unpaired) electrons. The van der Waals surface area contributed by atoms with Crippen LogP contribution in [0.15, 0.2) is 0 Å². The van der Waals surface area contributed by atoms with Crippen LogP contribution in [0.2, 0.25) is 0 Å². The van der Waals surface area contributed by atoms with Gasteiger partial charge in [0.1, 0.15) is 0 Å². The lowest BCUT2D eigenvalue weighted by molar-refractivity contribution is 0.110. The van der Waals surface area contributed by atoms with Crippen LogP contribution in [0, 0.1) is 5.41 Å². The van der Waals surface area contributed by atoms with Crippen molar-refractivity contribution in [2.24, 2.45) is 11.1 Å². The maximum absolute atomic E-state index is 5.66. The molecular formula is C12H26N2O. The third kappa shape index (κ3) is 4.09. The Kier molecular flexibility index (Phi) is 5.03. The molecule has 0 bridgehead atoms. The predicted molar refractivity (Wildman–Crippen MR) is 63.9 cm³/mol. The molecule has 15 heavy (non-hydrogen) atoms. The molecule has 0 unspecified atom stereocenters. The first-order valence-electron chi connectivity index (χ1n) is 6.06. The van der Waals surface area contributed by atoms with Gasteiger partial charge in [-0.3, -0.25) is 4.90 Å².